The van der Waals surface area contributed by atoms with Crippen molar-refractivity contribution in [3.63, 3.8) is 0 Å². The molecule has 22 heavy (non-hydrogen) atoms. The summed E-state index contributed by atoms with van der Waals surface area (Å²) in [7, 11) is 0. The minimum absolute atomic E-state index is 0.0121. The number of rotatable bonds is 1. The van der Waals surface area contributed by atoms with Crippen molar-refractivity contribution in [3.8, 4) is 23.9 Å². The van der Waals surface area contributed by atoms with Crippen LogP contribution >= 0.6 is 0 Å². The molecule has 0 radical (unpaired) electrons. The molecular weight excluding hydrogens is 278 g/mol. The Morgan fingerprint density at radius 1 is 0.955 bits per heavy atom. The highest BCUT2D eigenvalue weighted by Gasteiger charge is 2.17. The van der Waals surface area contributed by atoms with Gasteiger partial charge in [0.2, 0.25) is 0 Å². The van der Waals surface area contributed by atoms with Crippen LogP contribution in [0.1, 0.15) is 16.7 Å². The van der Waals surface area contributed by atoms with Crippen LogP contribution in [-0.2, 0) is 0 Å². The number of imidazole rings is 1. The molecule has 0 unspecified atom stereocenters. The quantitative estimate of drug-likeness (QED) is 0.723. The molecule has 0 atom stereocenters. The number of nitrogens with zero attached hydrogens (tertiary/aromatic N) is 6. The van der Waals surface area contributed by atoms with Gasteiger partial charge in [0.25, 0.3) is 0 Å². The number of nitriles is 3. The summed E-state index contributed by atoms with van der Waals surface area (Å²) in [5.74, 6) is -0.0121. The standard InChI is InChI=1S/C15H7N7/c16-5-9-1-3-10(4-2-9)22-8-20-13-11(6-17)12(7-18)14(19)21-15(13)22/h1-4,8H,(H2,19,21). The molecule has 7 nitrogen and oxygen atoms in total. The van der Waals surface area contributed by atoms with Crippen molar-refractivity contribution < 1.29 is 0 Å². The van der Waals surface area contributed by atoms with Gasteiger partial charge in [0.15, 0.2) is 5.65 Å². The minimum atomic E-state index is -0.0121. The zero-order valence-corrected chi connectivity index (χ0v) is 11.1. The van der Waals surface area contributed by atoms with Crippen LogP contribution in [0.15, 0.2) is 30.6 Å². The molecule has 2 N–H and O–H groups in total. The Morgan fingerprint density at radius 3 is 2.23 bits per heavy atom. The van der Waals surface area contributed by atoms with E-state index in [-0.39, 0.29) is 16.9 Å². The van der Waals surface area contributed by atoms with Gasteiger partial charge < -0.3 is 5.73 Å². The molecule has 3 aromatic rings. The Labute approximate surface area is 125 Å². The second kappa shape index (κ2) is 4.90. The summed E-state index contributed by atoms with van der Waals surface area (Å²) in [5.41, 5.74) is 7.85. The van der Waals surface area contributed by atoms with E-state index in [1.54, 1.807) is 28.8 Å². The van der Waals surface area contributed by atoms with Crippen molar-refractivity contribution in [2.45, 2.75) is 0 Å². The fraction of sp³-hybridized carbons (Fsp3) is 0. The van der Waals surface area contributed by atoms with E-state index in [1.807, 2.05) is 18.2 Å². The number of anilines is 1. The van der Waals surface area contributed by atoms with Gasteiger partial charge in [-0.1, -0.05) is 0 Å². The summed E-state index contributed by atoms with van der Waals surface area (Å²) in [5, 5.41) is 27.2. The number of nitrogen functional groups attached to an aromatic ring is 1. The zero-order valence-electron chi connectivity index (χ0n) is 11.1. The van der Waals surface area contributed by atoms with Gasteiger partial charge in [0, 0.05) is 5.69 Å². The number of benzene rings is 1. The molecule has 0 bridgehead atoms. The van der Waals surface area contributed by atoms with Gasteiger partial charge in [0.1, 0.15) is 40.9 Å². The highest BCUT2D eigenvalue weighted by atomic mass is 15.1. The first-order chi connectivity index (χ1) is 10.7. The summed E-state index contributed by atoms with van der Waals surface area (Å²) >= 11 is 0. The Kier molecular flexibility index (Phi) is 2.92. The molecule has 3 rings (SSSR count). The first kappa shape index (κ1) is 13.1. The molecule has 102 valence electrons. The number of pyridine rings is 1. The Hall–Kier alpha value is -3.89. The predicted octanol–water partition coefficient (Wildman–Crippen LogP) is 1.62. The maximum absolute atomic E-state index is 9.25. The molecule has 0 spiro atoms. The van der Waals surface area contributed by atoms with E-state index < -0.39 is 0 Å². The third-order valence-corrected chi connectivity index (χ3v) is 3.21. The number of hydrogen-bond donors (Lipinski definition) is 1. The van der Waals surface area contributed by atoms with Crippen molar-refractivity contribution in [3.05, 3.63) is 47.3 Å². The lowest BCUT2D eigenvalue weighted by Crippen LogP contribution is -2.02. The summed E-state index contributed by atoms with van der Waals surface area (Å²) in [6.45, 7) is 0. The Bertz CT molecular complexity index is 1010. The Balaban J connectivity index is 2.30. The summed E-state index contributed by atoms with van der Waals surface area (Å²) in [6.07, 6.45) is 1.50. The fourth-order valence-corrected chi connectivity index (χ4v) is 2.15. The second-order valence-electron chi connectivity index (χ2n) is 4.42. The number of fused-ring (bicyclic) bond motifs is 1. The number of nitrogens with two attached hydrogens (primary N) is 1. The average molecular weight is 285 g/mol. The topological polar surface area (TPSA) is 128 Å². The van der Waals surface area contributed by atoms with Gasteiger partial charge in [-0.25, -0.2) is 9.97 Å². The zero-order chi connectivity index (χ0) is 15.7. The molecule has 0 aliphatic heterocycles. The van der Waals surface area contributed by atoms with E-state index in [9.17, 15) is 5.26 Å². The lowest BCUT2D eigenvalue weighted by molar-refractivity contribution is 1.07. The third kappa shape index (κ3) is 1.81. The largest absolute Gasteiger partial charge is 0.382 e. The lowest BCUT2D eigenvalue weighted by atomic mass is 10.1. The molecule has 0 saturated carbocycles. The van der Waals surface area contributed by atoms with Crippen molar-refractivity contribution >= 4 is 17.0 Å². The Morgan fingerprint density at radius 2 is 1.64 bits per heavy atom. The molecule has 0 aliphatic rings. The second-order valence-corrected chi connectivity index (χ2v) is 4.42. The van der Waals surface area contributed by atoms with Crippen LogP contribution in [0.4, 0.5) is 5.82 Å². The number of aromatic nitrogens is 3. The monoisotopic (exact) mass is 285 g/mol. The van der Waals surface area contributed by atoms with Gasteiger partial charge in [0.05, 0.1) is 11.6 Å². The van der Waals surface area contributed by atoms with Crippen LogP contribution in [0.5, 0.6) is 0 Å². The molecule has 2 heterocycles. The molecule has 2 aromatic heterocycles. The third-order valence-electron chi connectivity index (χ3n) is 3.21. The van der Waals surface area contributed by atoms with Crippen LogP contribution in [0.2, 0.25) is 0 Å². The lowest BCUT2D eigenvalue weighted by Gasteiger charge is -2.05. The number of hydrogen-bond acceptors (Lipinski definition) is 6. The summed E-state index contributed by atoms with van der Waals surface area (Å²) < 4.78 is 1.65. The highest BCUT2D eigenvalue weighted by molar-refractivity contribution is 5.85. The first-order valence-electron chi connectivity index (χ1n) is 6.17. The highest BCUT2D eigenvalue weighted by Crippen LogP contribution is 2.25. The molecule has 7 heteroatoms. The smallest absolute Gasteiger partial charge is 0.168 e. The van der Waals surface area contributed by atoms with Gasteiger partial charge in [-0.15, -0.1) is 0 Å². The predicted molar refractivity (Wildman–Crippen MR) is 77.4 cm³/mol. The van der Waals surface area contributed by atoms with Crippen LogP contribution in [-0.4, -0.2) is 14.5 Å². The van der Waals surface area contributed by atoms with E-state index in [0.717, 1.165) is 5.69 Å². The van der Waals surface area contributed by atoms with Gasteiger partial charge in [-0.2, -0.15) is 15.8 Å². The van der Waals surface area contributed by atoms with Gasteiger partial charge in [-0.3, -0.25) is 4.57 Å². The fourth-order valence-electron chi connectivity index (χ4n) is 2.15. The van der Waals surface area contributed by atoms with Crippen LogP contribution in [0, 0.1) is 34.0 Å². The summed E-state index contributed by atoms with van der Waals surface area (Å²) in [4.78, 5) is 8.34. The van der Waals surface area contributed by atoms with Crippen molar-refractivity contribution in [1.82, 2.24) is 14.5 Å². The molecule has 0 saturated heterocycles. The van der Waals surface area contributed by atoms with Gasteiger partial charge >= 0.3 is 0 Å². The van der Waals surface area contributed by atoms with Crippen molar-refractivity contribution in [1.29, 1.82) is 15.8 Å². The van der Waals surface area contributed by atoms with Crippen LogP contribution in [0.25, 0.3) is 16.9 Å². The molecular formula is C15H7N7. The van der Waals surface area contributed by atoms with Crippen LogP contribution in [0.3, 0.4) is 0 Å². The van der Waals surface area contributed by atoms with Crippen molar-refractivity contribution in [2.75, 3.05) is 5.73 Å². The maximum Gasteiger partial charge on any atom is 0.168 e. The van der Waals surface area contributed by atoms with E-state index in [2.05, 4.69) is 9.97 Å². The SMILES string of the molecule is N#Cc1ccc(-n2cnc3c(C#N)c(C#N)c(N)nc32)cc1. The van der Waals surface area contributed by atoms with E-state index in [0.29, 0.717) is 16.7 Å². The first-order valence-corrected chi connectivity index (χ1v) is 6.17. The van der Waals surface area contributed by atoms with E-state index in [4.69, 9.17) is 16.3 Å². The minimum Gasteiger partial charge on any atom is -0.382 e. The molecule has 0 fully saturated rings. The average Bonchev–Trinajstić information content (AvgIpc) is 2.96. The normalized spacial score (nSPS) is 9.86. The maximum atomic E-state index is 9.25. The molecule has 0 amide bonds. The summed E-state index contributed by atoms with van der Waals surface area (Å²) in [6, 6.07) is 12.7. The van der Waals surface area contributed by atoms with E-state index in [1.165, 1.54) is 6.33 Å². The van der Waals surface area contributed by atoms with E-state index >= 15 is 0 Å². The van der Waals surface area contributed by atoms with Gasteiger partial charge in [-0.05, 0) is 24.3 Å². The molecule has 0 aliphatic carbocycles. The van der Waals surface area contributed by atoms with Crippen LogP contribution < -0.4 is 5.73 Å². The van der Waals surface area contributed by atoms with Crippen molar-refractivity contribution in [2.24, 2.45) is 0 Å². The molecule has 1 aromatic carbocycles.